The molecule has 2 heterocycles. The van der Waals surface area contributed by atoms with Gasteiger partial charge in [-0.2, -0.15) is 0 Å². The van der Waals surface area contributed by atoms with E-state index in [9.17, 15) is 4.79 Å². The van der Waals surface area contributed by atoms with E-state index in [4.69, 9.17) is 5.11 Å². The van der Waals surface area contributed by atoms with E-state index in [1.165, 1.54) is 5.56 Å². The second kappa shape index (κ2) is 8.87. The van der Waals surface area contributed by atoms with Crippen molar-refractivity contribution in [1.29, 1.82) is 0 Å². The van der Waals surface area contributed by atoms with Crippen LogP contribution in [0, 0.1) is 0 Å². The molecule has 0 spiro atoms. The first-order valence-corrected chi connectivity index (χ1v) is 9.51. The van der Waals surface area contributed by atoms with Gasteiger partial charge >= 0.3 is 6.09 Å². The number of pyridine rings is 1. The quantitative estimate of drug-likeness (QED) is 0.745. The highest BCUT2D eigenvalue weighted by molar-refractivity contribution is 7.99. The number of fused-ring (bicyclic) bond motifs is 1. The van der Waals surface area contributed by atoms with Crippen molar-refractivity contribution in [2.24, 2.45) is 0 Å². The lowest BCUT2D eigenvalue weighted by Crippen LogP contribution is -2.40. The zero-order valence-electron chi connectivity index (χ0n) is 14.1. The van der Waals surface area contributed by atoms with E-state index >= 15 is 0 Å². The topological polar surface area (TPSA) is 65.5 Å². The van der Waals surface area contributed by atoms with Crippen LogP contribution >= 0.6 is 11.8 Å². The second-order valence-corrected chi connectivity index (χ2v) is 7.29. The van der Waals surface area contributed by atoms with E-state index in [0.29, 0.717) is 0 Å². The summed E-state index contributed by atoms with van der Waals surface area (Å²) >= 11 is 1.69. The summed E-state index contributed by atoms with van der Waals surface area (Å²) in [5.41, 5.74) is 2.48. The van der Waals surface area contributed by atoms with Crippen molar-refractivity contribution in [2.45, 2.75) is 30.3 Å². The molecular formula is C19H23N3O2S. The molecule has 5 nitrogen and oxygen atoms in total. The standard InChI is InChI=1S/C19H23N3O2S/c23-19(24)21-16(14-25-17-6-2-1-3-7-17)9-12-22-11-8-15-5-4-10-20-18(15)13-22/h1-7,10,16,21H,8-9,11-14H2,(H,23,24). The molecule has 0 radical (unpaired) electrons. The zero-order chi connectivity index (χ0) is 17.5. The van der Waals surface area contributed by atoms with Gasteiger partial charge in [0, 0.05) is 42.5 Å². The first kappa shape index (κ1) is 17.8. The van der Waals surface area contributed by atoms with E-state index < -0.39 is 6.09 Å². The number of nitrogens with one attached hydrogen (secondary N) is 1. The maximum atomic E-state index is 11.1. The minimum atomic E-state index is -0.954. The molecule has 1 aromatic carbocycles. The summed E-state index contributed by atoms with van der Waals surface area (Å²) in [5.74, 6) is 0.735. The van der Waals surface area contributed by atoms with Gasteiger partial charge in [-0.3, -0.25) is 9.88 Å². The van der Waals surface area contributed by atoms with Crippen LogP contribution in [-0.2, 0) is 13.0 Å². The second-order valence-electron chi connectivity index (χ2n) is 6.19. The molecule has 0 fully saturated rings. The van der Waals surface area contributed by atoms with Crippen LogP contribution in [0.15, 0.2) is 53.6 Å². The molecule has 1 unspecified atom stereocenters. The third kappa shape index (κ3) is 5.47. The molecule has 1 amide bonds. The van der Waals surface area contributed by atoms with Crippen LogP contribution in [0.25, 0.3) is 0 Å². The van der Waals surface area contributed by atoms with Gasteiger partial charge in [-0.15, -0.1) is 11.8 Å². The lowest BCUT2D eigenvalue weighted by atomic mass is 10.0. The maximum Gasteiger partial charge on any atom is 0.404 e. The molecule has 1 atom stereocenters. The Morgan fingerprint density at radius 2 is 2.12 bits per heavy atom. The lowest BCUT2D eigenvalue weighted by molar-refractivity contribution is 0.186. The smallest absolute Gasteiger partial charge is 0.404 e. The van der Waals surface area contributed by atoms with Crippen molar-refractivity contribution in [3.63, 3.8) is 0 Å². The number of rotatable bonds is 7. The van der Waals surface area contributed by atoms with Crippen molar-refractivity contribution < 1.29 is 9.90 Å². The number of nitrogens with zero attached hydrogens (tertiary/aromatic N) is 2. The average molecular weight is 357 g/mol. The monoisotopic (exact) mass is 357 g/mol. The fraction of sp³-hybridized carbons (Fsp3) is 0.368. The molecule has 0 bridgehead atoms. The van der Waals surface area contributed by atoms with Gasteiger partial charge in [-0.1, -0.05) is 24.3 Å². The van der Waals surface area contributed by atoms with Crippen LogP contribution in [0.3, 0.4) is 0 Å². The van der Waals surface area contributed by atoms with Crippen LogP contribution in [0.5, 0.6) is 0 Å². The minimum absolute atomic E-state index is 0.0622. The van der Waals surface area contributed by atoms with Crippen LogP contribution in [-0.4, -0.2) is 46.0 Å². The number of thioether (sulfide) groups is 1. The van der Waals surface area contributed by atoms with E-state index in [2.05, 4.69) is 33.4 Å². The van der Waals surface area contributed by atoms with Crippen LogP contribution in [0.1, 0.15) is 17.7 Å². The maximum absolute atomic E-state index is 11.1. The Balaban J connectivity index is 1.51. The first-order valence-electron chi connectivity index (χ1n) is 8.53. The molecule has 1 aliphatic heterocycles. The van der Waals surface area contributed by atoms with E-state index in [1.54, 1.807) is 11.8 Å². The molecule has 1 aliphatic rings. The third-order valence-electron chi connectivity index (χ3n) is 4.37. The molecule has 0 aliphatic carbocycles. The summed E-state index contributed by atoms with van der Waals surface area (Å²) in [6.45, 7) is 2.72. The van der Waals surface area contributed by atoms with Crippen molar-refractivity contribution in [1.82, 2.24) is 15.2 Å². The molecule has 6 heteroatoms. The average Bonchev–Trinajstić information content (AvgIpc) is 2.64. The minimum Gasteiger partial charge on any atom is -0.465 e. The summed E-state index contributed by atoms with van der Waals surface area (Å²) in [5, 5.41) is 11.8. The van der Waals surface area contributed by atoms with Gasteiger partial charge in [0.1, 0.15) is 0 Å². The highest BCUT2D eigenvalue weighted by Crippen LogP contribution is 2.20. The molecule has 3 rings (SSSR count). The molecule has 1 aromatic heterocycles. The highest BCUT2D eigenvalue weighted by atomic mass is 32.2. The van der Waals surface area contributed by atoms with E-state index in [1.807, 2.05) is 30.5 Å². The Morgan fingerprint density at radius 1 is 1.28 bits per heavy atom. The Kier molecular flexibility index (Phi) is 6.30. The van der Waals surface area contributed by atoms with E-state index in [0.717, 1.165) is 48.8 Å². The highest BCUT2D eigenvalue weighted by Gasteiger charge is 2.19. The Bertz CT molecular complexity index is 696. The predicted molar refractivity (Wildman–Crippen MR) is 99.9 cm³/mol. The Labute approximate surface area is 152 Å². The number of carbonyl (C=O) groups is 1. The van der Waals surface area contributed by atoms with Gasteiger partial charge < -0.3 is 10.4 Å². The number of hydrogen-bond donors (Lipinski definition) is 2. The van der Waals surface area contributed by atoms with Gasteiger partial charge in [-0.25, -0.2) is 4.79 Å². The summed E-state index contributed by atoms with van der Waals surface area (Å²) < 4.78 is 0. The summed E-state index contributed by atoms with van der Waals surface area (Å²) in [6.07, 6.45) is 2.70. The zero-order valence-corrected chi connectivity index (χ0v) is 14.9. The first-order chi connectivity index (χ1) is 12.2. The van der Waals surface area contributed by atoms with Crippen LogP contribution in [0.4, 0.5) is 4.79 Å². The van der Waals surface area contributed by atoms with Gasteiger partial charge in [0.05, 0.1) is 5.69 Å². The molecule has 2 aromatic rings. The van der Waals surface area contributed by atoms with Crippen molar-refractivity contribution >= 4 is 17.9 Å². The van der Waals surface area contributed by atoms with Crippen molar-refractivity contribution in [3.05, 3.63) is 59.9 Å². The number of amides is 1. The van der Waals surface area contributed by atoms with Gasteiger partial charge in [0.25, 0.3) is 0 Å². The largest absolute Gasteiger partial charge is 0.465 e. The Morgan fingerprint density at radius 3 is 2.92 bits per heavy atom. The molecule has 25 heavy (non-hydrogen) atoms. The normalized spacial score (nSPS) is 15.4. The lowest BCUT2D eigenvalue weighted by Gasteiger charge is -2.29. The molecular weight excluding hydrogens is 334 g/mol. The summed E-state index contributed by atoms with van der Waals surface area (Å²) in [6, 6.07) is 14.2. The predicted octanol–water partition coefficient (Wildman–Crippen LogP) is 3.26. The van der Waals surface area contributed by atoms with Gasteiger partial charge in [-0.05, 0) is 36.6 Å². The number of carboxylic acid groups (broad SMARTS) is 1. The fourth-order valence-electron chi connectivity index (χ4n) is 3.03. The van der Waals surface area contributed by atoms with Crippen LogP contribution in [0.2, 0.25) is 0 Å². The third-order valence-corrected chi connectivity index (χ3v) is 5.55. The fourth-order valence-corrected chi connectivity index (χ4v) is 4.02. The SMILES string of the molecule is O=C(O)NC(CCN1CCc2cccnc2C1)CSc1ccccc1. The van der Waals surface area contributed by atoms with E-state index in [-0.39, 0.29) is 6.04 Å². The summed E-state index contributed by atoms with van der Waals surface area (Å²) in [7, 11) is 0. The Hall–Kier alpha value is -2.05. The molecule has 0 saturated heterocycles. The molecule has 132 valence electrons. The molecule has 2 N–H and O–H groups in total. The summed E-state index contributed by atoms with van der Waals surface area (Å²) in [4.78, 5) is 19.1. The number of aromatic nitrogens is 1. The van der Waals surface area contributed by atoms with Crippen molar-refractivity contribution in [2.75, 3.05) is 18.8 Å². The van der Waals surface area contributed by atoms with Crippen LogP contribution < -0.4 is 5.32 Å². The van der Waals surface area contributed by atoms with Gasteiger partial charge in [0.2, 0.25) is 0 Å². The molecule has 0 saturated carbocycles. The number of benzene rings is 1. The number of hydrogen-bond acceptors (Lipinski definition) is 4. The van der Waals surface area contributed by atoms with Crippen molar-refractivity contribution in [3.8, 4) is 0 Å². The van der Waals surface area contributed by atoms with Gasteiger partial charge in [0.15, 0.2) is 0 Å².